The Hall–Kier alpha value is -0.900. The lowest BCUT2D eigenvalue weighted by molar-refractivity contribution is 0.531. The third-order valence-corrected chi connectivity index (χ3v) is 2.79. The Labute approximate surface area is 98.2 Å². The lowest BCUT2D eigenvalue weighted by Crippen LogP contribution is -2.13. The molecule has 0 radical (unpaired) electrons. The van der Waals surface area contributed by atoms with E-state index < -0.39 is 0 Å². The fraction of sp³-hybridized carbons (Fsp3) is 0.833. The lowest BCUT2D eigenvalue weighted by Gasteiger charge is -2.13. The molecule has 4 nitrogen and oxygen atoms in total. The van der Waals surface area contributed by atoms with E-state index in [0.717, 1.165) is 18.1 Å². The van der Waals surface area contributed by atoms with Crippen molar-refractivity contribution in [1.82, 2.24) is 14.8 Å². The summed E-state index contributed by atoms with van der Waals surface area (Å²) in [5.74, 6) is 1.99. The first kappa shape index (κ1) is 13.2. The van der Waals surface area contributed by atoms with Crippen LogP contribution in [0.1, 0.15) is 64.1 Å². The standard InChI is InChI=1S/C12H24N4/c1-4-5-6-7-8-11-14-15-12(9-13)16(11)10(2)3/h10H,4-9,13H2,1-3H3. The number of hydrogen-bond donors (Lipinski definition) is 1. The molecule has 1 aromatic heterocycles. The van der Waals surface area contributed by atoms with Gasteiger partial charge in [0.1, 0.15) is 11.6 Å². The average Bonchev–Trinajstić information content (AvgIpc) is 2.67. The Morgan fingerprint density at radius 3 is 2.38 bits per heavy atom. The summed E-state index contributed by atoms with van der Waals surface area (Å²) in [5, 5.41) is 8.38. The second-order valence-corrected chi connectivity index (χ2v) is 4.51. The van der Waals surface area contributed by atoms with Gasteiger partial charge in [-0.3, -0.25) is 0 Å². The van der Waals surface area contributed by atoms with Gasteiger partial charge in [0.05, 0.1) is 6.54 Å². The number of aryl methyl sites for hydroxylation is 1. The number of unbranched alkanes of at least 4 members (excludes halogenated alkanes) is 3. The summed E-state index contributed by atoms with van der Waals surface area (Å²) in [7, 11) is 0. The van der Waals surface area contributed by atoms with Crippen LogP contribution in [0.5, 0.6) is 0 Å². The number of hydrogen-bond acceptors (Lipinski definition) is 3. The van der Waals surface area contributed by atoms with Gasteiger partial charge in [-0.1, -0.05) is 26.2 Å². The van der Waals surface area contributed by atoms with Crippen LogP contribution in [0.25, 0.3) is 0 Å². The molecule has 1 rings (SSSR count). The van der Waals surface area contributed by atoms with Gasteiger partial charge >= 0.3 is 0 Å². The molecule has 0 bridgehead atoms. The molecule has 2 N–H and O–H groups in total. The second kappa shape index (κ2) is 6.63. The van der Waals surface area contributed by atoms with E-state index in [1.54, 1.807) is 0 Å². The highest BCUT2D eigenvalue weighted by atomic mass is 15.3. The minimum absolute atomic E-state index is 0.398. The Morgan fingerprint density at radius 2 is 1.81 bits per heavy atom. The summed E-state index contributed by atoms with van der Waals surface area (Å²) in [4.78, 5) is 0. The first-order chi connectivity index (χ1) is 7.70. The van der Waals surface area contributed by atoms with Crippen LogP contribution >= 0.6 is 0 Å². The Kier molecular flexibility index (Phi) is 5.46. The van der Waals surface area contributed by atoms with Crippen molar-refractivity contribution in [3.63, 3.8) is 0 Å². The highest BCUT2D eigenvalue weighted by Gasteiger charge is 2.12. The second-order valence-electron chi connectivity index (χ2n) is 4.51. The molecule has 0 atom stereocenters. The summed E-state index contributed by atoms with van der Waals surface area (Å²) in [5.41, 5.74) is 5.65. The van der Waals surface area contributed by atoms with Crippen molar-refractivity contribution in [2.75, 3.05) is 0 Å². The van der Waals surface area contributed by atoms with Crippen molar-refractivity contribution in [3.8, 4) is 0 Å². The number of aromatic nitrogens is 3. The van der Waals surface area contributed by atoms with E-state index in [2.05, 4.69) is 35.5 Å². The van der Waals surface area contributed by atoms with Crippen LogP contribution in [0.2, 0.25) is 0 Å². The largest absolute Gasteiger partial charge is 0.324 e. The molecule has 1 aromatic rings. The van der Waals surface area contributed by atoms with Gasteiger partial charge in [0.15, 0.2) is 0 Å². The first-order valence-corrected chi connectivity index (χ1v) is 6.33. The van der Waals surface area contributed by atoms with Gasteiger partial charge in [-0.25, -0.2) is 0 Å². The van der Waals surface area contributed by atoms with Crippen molar-refractivity contribution in [3.05, 3.63) is 11.6 Å². The molecule has 0 aromatic carbocycles. The molecule has 0 fully saturated rings. The Morgan fingerprint density at radius 1 is 1.12 bits per heavy atom. The van der Waals surface area contributed by atoms with Crippen LogP contribution in [0.3, 0.4) is 0 Å². The zero-order valence-corrected chi connectivity index (χ0v) is 10.7. The predicted octanol–water partition coefficient (Wildman–Crippen LogP) is 2.44. The highest BCUT2D eigenvalue weighted by Crippen LogP contribution is 2.14. The highest BCUT2D eigenvalue weighted by molar-refractivity contribution is 4.97. The molecule has 16 heavy (non-hydrogen) atoms. The van der Waals surface area contributed by atoms with Crippen molar-refractivity contribution in [1.29, 1.82) is 0 Å². The van der Waals surface area contributed by atoms with Crippen molar-refractivity contribution in [2.45, 2.75) is 65.5 Å². The maximum absolute atomic E-state index is 5.65. The molecule has 92 valence electrons. The van der Waals surface area contributed by atoms with E-state index in [1.807, 2.05) is 0 Å². The van der Waals surface area contributed by atoms with Crippen LogP contribution in [-0.2, 0) is 13.0 Å². The van der Waals surface area contributed by atoms with Gasteiger partial charge in [-0.15, -0.1) is 10.2 Å². The van der Waals surface area contributed by atoms with Crippen LogP contribution in [0, 0.1) is 0 Å². The summed E-state index contributed by atoms with van der Waals surface area (Å²) in [6.45, 7) is 7.00. The monoisotopic (exact) mass is 224 g/mol. The van der Waals surface area contributed by atoms with Crippen LogP contribution in [0.4, 0.5) is 0 Å². The van der Waals surface area contributed by atoms with Gasteiger partial charge in [0.25, 0.3) is 0 Å². The smallest absolute Gasteiger partial charge is 0.147 e. The summed E-state index contributed by atoms with van der Waals surface area (Å²) >= 11 is 0. The molecule has 0 saturated carbocycles. The summed E-state index contributed by atoms with van der Waals surface area (Å²) in [6.07, 6.45) is 6.07. The maximum atomic E-state index is 5.65. The quantitative estimate of drug-likeness (QED) is 0.724. The molecule has 0 aliphatic rings. The minimum atomic E-state index is 0.398. The van der Waals surface area contributed by atoms with Gasteiger partial charge in [-0.05, 0) is 20.3 Å². The third-order valence-electron chi connectivity index (χ3n) is 2.79. The van der Waals surface area contributed by atoms with E-state index in [4.69, 9.17) is 5.73 Å². The Balaban J connectivity index is 2.61. The van der Waals surface area contributed by atoms with E-state index in [1.165, 1.54) is 25.7 Å². The van der Waals surface area contributed by atoms with Crippen LogP contribution in [-0.4, -0.2) is 14.8 Å². The molecule has 0 spiro atoms. The molecule has 4 heteroatoms. The van der Waals surface area contributed by atoms with Crippen LogP contribution in [0.15, 0.2) is 0 Å². The van der Waals surface area contributed by atoms with E-state index in [-0.39, 0.29) is 0 Å². The molecule has 0 aliphatic carbocycles. The van der Waals surface area contributed by atoms with Crippen molar-refractivity contribution in [2.24, 2.45) is 5.73 Å². The maximum Gasteiger partial charge on any atom is 0.147 e. The van der Waals surface area contributed by atoms with Crippen molar-refractivity contribution >= 4 is 0 Å². The molecule has 1 heterocycles. The predicted molar refractivity (Wildman–Crippen MR) is 66.1 cm³/mol. The molecular formula is C12H24N4. The SMILES string of the molecule is CCCCCCc1nnc(CN)n1C(C)C. The Bertz CT molecular complexity index is 304. The molecular weight excluding hydrogens is 200 g/mol. The first-order valence-electron chi connectivity index (χ1n) is 6.33. The number of nitrogens with two attached hydrogens (primary N) is 1. The van der Waals surface area contributed by atoms with Gasteiger partial charge in [0.2, 0.25) is 0 Å². The fourth-order valence-corrected chi connectivity index (χ4v) is 1.98. The summed E-state index contributed by atoms with van der Waals surface area (Å²) < 4.78 is 2.17. The number of rotatable bonds is 7. The molecule has 0 saturated heterocycles. The zero-order valence-electron chi connectivity index (χ0n) is 10.7. The van der Waals surface area contributed by atoms with Crippen molar-refractivity contribution < 1.29 is 0 Å². The molecule has 0 amide bonds. The number of nitrogens with zero attached hydrogens (tertiary/aromatic N) is 3. The van der Waals surface area contributed by atoms with Gasteiger partial charge in [0, 0.05) is 12.5 Å². The third kappa shape index (κ3) is 3.30. The molecule has 0 aliphatic heterocycles. The van der Waals surface area contributed by atoms with Gasteiger partial charge in [-0.2, -0.15) is 0 Å². The minimum Gasteiger partial charge on any atom is -0.324 e. The van der Waals surface area contributed by atoms with E-state index in [0.29, 0.717) is 12.6 Å². The zero-order chi connectivity index (χ0) is 12.0. The summed E-state index contributed by atoms with van der Waals surface area (Å²) in [6, 6.07) is 0.398. The van der Waals surface area contributed by atoms with E-state index >= 15 is 0 Å². The average molecular weight is 224 g/mol. The normalized spacial score (nSPS) is 11.3. The fourth-order valence-electron chi connectivity index (χ4n) is 1.98. The lowest BCUT2D eigenvalue weighted by atomic mass is 10.1. The van der Waals surface area contributed by atoms with Gasteiger partial charge < -0.3 is 10.3 Å². The topological polar surface area (TPSA) is 56.7 Å². The molecule has 0 unspecified atom stereocenters. The van der Waals surface area contributed by atoms with E-state index in [9.17, 15) is 0 Å². The van der Waals surface area contributed by atoms with Crippen LogP contribution < -0.4 is 5.73 Å².